The quantitative estimate of drug-likeness (QED) is 0.333. The lowest BCUT2D eigenvalue weighted by Gasteiger charge is -2.19. The Labute approximate surface area is 200 Å². The Morgan fingerprint density at radius 1 is 1.00 bits per heavy atom. The molecule has 8 heteroatoms. The molecule has 0 aliphatic rings. The number of ether oxygens (including phenoxy) is 1. The number of carbonyl (C=O) groups is 2. The lowest BCUT2D eigenvalue weighted by molar-refractivity contribution is -0.142. The summed E-state index contributed by atoms with van der Waals surface area (Å²) in [4.78, 5) is 36.5. The SMILES string of the molecule is C[C@@H](Oc1ccc2c(-c3ccccc3)cc(=O)oc2c1)C(=O)N[C@@H](Cc1ccc(O)cc1)C(=O)O. The van der Waals surface area contributed by atoms with Gasteiger partial charge < -0.3 is 24.7 Å². The molecule has 35 heavy (non-hydrogen) atoms. The molecule has 0 fully saturated rings. The van der Waals surface area contributed by atoms with Crippen molar-refractivity contribution in [1.82, 2.24) is 5.32 Å². The Morgan fingerprint density at radius 3 is 2.40 bits per heavy atom. The minimum atomic E-state index is -1.19. The first-order valence-electron chi connectivity index (χ1n) is 10.9. The first-order valence-corrected chi connectivity index (χ1v) is 10.9. The van der Waals surface area contributed by atoms with Crippen LogP contribution in [0.2, 0.25) is 0 Å². The largest absolute Gasteiger partial charge is 0.508 e. The molecule has 1 amide bonds. The Kier molecular flexibility index (Phi) is 6.82. The third-order valence-electron chi connectivity index (χ3n) is 5.47. The van der Waals surface area contributed by atoms with E-state index >= 15 is 0 Å². The van der Waals surface area contributed by atoms with Gasteiger partial charge in [-0.1, -0.05) is 42.5 Å². The standard InChI is InChI=1S/C27H23NO7/c1-16(26(31)28-23(27(32)33)13-17-7-9-19(29)10-8-17)34-20-11-12-21-22(18-5-3-2-4-6-18)15-25(30)35-24(21)14-20/h2-12,14-16,23,29H,13H2,1H3,(H,28,31)(H,32,33)/t16-,23+/m1/s1. The lowest BCUT2D eigenvalue weighted by Crippen LogP contribution is -2.47. The van der Waals surface area contributed by atoms with Crippen LogP contribution in [0.25, 0.3) is 22.1 Å². The maximum absolute atomic E-state index is 12.7. The molecule has 0 saturated carbocycles. The third-order valence-corrected chi connectivity index (χ3v) is 5.47. The van der Waals surface area contributed by atoms with Gasteiger partial charge in [0, 0.05) is 23.9 Å². The number of carboxylic acid groups (broad SMARTS) is 1. The molecule has 3 aromatic carbocycles. The summed E-state index contributed by atoms with van der Waals surface area (Å²) in [5, 5.41) is 22.1. The number of phenolic OH excluding ortho intramolecular Hbond substituents is 1. The van der Waals surface area contributed by atoms with Crippen molar-refractivity contribution in [3.8, 4) is 22.6 Å². The average Bonchev–Trinajstić information content (AvgIpc) is 2.84. The average molecular weight is 473 g/mol. The van der Waals surface area contributed by atoms with E-state index in [0.29, 0.717) is 27.8 Å². The first-order chi connectivity index (χ1) is 16.8. The molecule has 0 spiro atoms. The molecule has 178 valence electrons. The monoisotopic (exact) mass is 473 g/mol. The number of hydrogen-bond donors (Lipinski definition) is 3. The highest BCUT2D eigenvalue weighted by Crippen LogP contribution is 2.29. The van der Waals surface area contributed by atoms with E-state index in [1.807, 2.05) is 30.3 Å². The number of benzene rings is 3. The minimum Gasteiger partial charge on any atom is -0.508 e. The molecule has 1 aromatic heterocycles. The van der Waals surface area contributed by atoms with E-state index in [9.17, 15) is 24.6 Å². The second-order valence-electron chi connectivity index (χ2n) is 8.03. The first kappa shape index (κ1) is 23.6. The van der Waals surface area contributed by atoms with E-state index in [2.05, 4.69) is 5.32 Å². The van der Waals surface area contributed by atoms with Gasteiger partial charge in [-0.25, -0.2) is 9.59 Å². The predicted molar refractivity (Wildman–Crippen MR) is 129 cm³/mol. The van der Waals surface area contributed by atoms with Crippen molar-refractivity contribution < 1.29 is 29.0 Å². The number of nitrogens with one attached hydrogen (secondary N) is 1. The minimum absolute atomic E-state index is 0.0392. The molecule has 0 bridgehead atoms. The second kappa shape index (κ2) is 10.1. The molecule has 1 heterocycles. The van der Waals surface area contributed by atoms with Crippen LogP contribution in [0.1, 0.15) is 12.5 Å². The van der Waals surface area contributed by atoms with Crippen LogP contribution in [0.3, 0.4) is 0 Å². The van der Waals surface area contributed by atoms with Crippen molar-refractivity contribution in [2.24, 2.45) is 0 Å². The maximum atomic E-state index is 12.7. The van der Waals surface area contributed by atoms with Gasteiger partial charge in [0.1, 0.15) is 23.1 Å². The fourth-order valence-electron chi connectivity index (χ4n) is 3.69. The highest BCUT2D eigenvalue weighted by atomic mass is 16.5. The summed E-state index contributed by atoms with van der Waals surface area (Å²) < 4.78 is 11.1. The number of hydrogen-bond acceptors (Lipinski definition) is 6. The van der Waals surface area contributed by atoms with Gasteiger partial charge in [0.05, 0.1) is 0 Å². The number of amides is 1. The summed E-state index contributed by atoms with van der Waals surface area (Å²) >= 11 is 0. The number of carbonyl (C=O) groups excluding carboxylic acids is 1. The van der Waals surface area contributed by atoms with Crippen LogP contribution < -0.4 is 15.7 Å². The molecule has 4 rings (SSSR count). The number of phenols is 1. The zero-order chi connectivity index (χ0) is 24.9. The molecule has 0 radical (unpaired) electrons. The normalized spacial score (nSPS) is 12.6. The van der Waals surface area contributed by atoms with Gasteiger partial charge in [-0.15, -0.1) is 0 Å². The van der Waals surface area contributed by atoms with Gasteiger partial charge >= 0.3 is 11.6 Å². The van der Waals surface area contributed by atoms with E-state index in [1.165, 1.54) is 31.2 Å². The maximum Gasteiger partial charge on any atom is 0.336 e. The summed E-state index contributed by atoms with van der Waals surface area (Å²) in [6.07, 6.45) is -0.976. The van der Waals surface area contributed by atoms with E-state index in [1.54, 1.807) is 24.3 Å². The smallest absolute Gasteiger partial charge is 0.336 e. The highest BCUT2D eigenvalue weighted by Gasteiger charge is 2.24. The Morgan fingerprint density at radius 2 is 1.71 bits per heavy atom. The number of aliphatic carboxylic acids is 1. The zero-order valence-corrected chi connectivity index (χ0v) is 18.8. The number of fused-ring (bicyclic) bond motifs is 1. The third kappa shape index (κ3) is 5.67. The molecule has 0 unspecified atom stereocenters. The van der Waals surface area contributed by atoms with Crippen molar-refractivity contribution in [3.05, 3.63) is 94.8 Å². The van der Waals surface area contributed by atoms with Crippen molar-refractivity contribution >= 4 is 22.8 Å². The van der Waals surface area contributed by atoms with Crippen molar-refractivity contribution in [2.75, 3.05) is 0 Å². The molecule has 2 atom stereocenters. The van der Waals surface area contributed by atoms with Gasteiger partial charge in [-0.2, -0.15) is 0 Å². The summed E-state index contributed by atoms with van der Waals surface area (Å²) in [6.45, 7) is 1.50. The number of rotatable bonds is 8. The number of carboxylic acids is 1. The van der Waals surface area contributed by atoms with Gasteiger partial charge in [0.2, 0.25) is 0 Å². The zero-order valence-electron chi connectivity index (χ0n) is 18.8. The summed E-state index contributed by atoms with van der Waals surface area (Å²) in [5.41, 5.74) is 2.01. The van der Waals surface area contributed by atoms with Gasteiger partial charge in [-0.3, -0.25) is 4.79 Å². The van der Waals surface area contributed by atoms with Gasteiger partial charge in [-0.05, 0) is 47.9 Å². The predicted octanol–water partition coefficient (Wildman–Crippen LogP) is 3.75. The van der Waals surface area contributed by atoms with Gasteiger partial charge in [0.25, 0.3) is 5.91 Å². The Balaban J connectivity index is 1.50. The van der Waals surface area contributed by atoms with Crippen LogP contribution in [-0.2, 0) is 16.0 Å². The van der Waals surface area contributed by atoms with E-state index in [0.717, 1.165) is 5.56 Å². The second-order valence-corrected chi connectivity index (χ2v) is 8.03. The van der Waals surface area contributed by atoms with E-state index in [4.69, 9.17) is 9.15 Å². The van der Waals surface area contributed by atoms with E-state index in [-0.39, 0.29) is 12.2 Å². The van der Waals surface area contributed by atoms with Crippen LogP contribution in [0, 0.1) is 0 Å². The van der Waals surface area contributed by atoms with E-state index < -0.39 is 29.6 Å². The molecule has 0 aliphatic heterocycles. The number of aromatic hydroxyl groups is 1. The molecular formula is C27H23NO7. The molecule has 4 aromatic rings. The van der Waals surface area contributed by atoms with Crippen molar-refractivity contribution in [1.29, 1.82) is 0 Å². The summed E-state index contributed by atoms with van der Waals surface area (Å²) in [6, 6.07) is 20.7. The highest BCUT2D eigenvalue weighted by molar-refractivity contribution is 5.94. The van der Waals surface area contributed by atoms with Crippen LogP contribution >= 0.6 is 0 Å². The molecule has 3 N–H and O–H groups in total. The van der Waals surface area contributed by atoms with Crippen molar-refractivity contribution in [2.45, 2.75) is 25.5 Å². The molecule has 8 nitrogen and oxygen atoms in total. The summed E-state index contributed by atoms with van der Waals surface area (Å²) in [7, 11) is 0. The molecular weight excluding hydrogens is 450 g/mol. The summed E-state index contributed by atoms with van der Waals surface area (Å²) in [5.74, 6) is -1.46. The lowest BCUT2D eigenvalue weighted by atomic mass is 10.0. The van der Waals surface area contributed by atoms with Crippen LogP contribution in [-0.4, -0.2) is 34.2 Å². The van der Waals surface area contributed by atoms with Crippen LogP contribution in [0.5, 0.6) is 11.5 Å². The van der Waals surface area contributed by atoms with Crippen molar-refractivity contribution in [3.63, 3.8) is 0 Å². The molecule has 0 saturated heterocycles. The molecule has 0 aliphatic carbocycles. The fourth-order valence-corrected chi connectivity index (χ4v) is 3.69. The fraction of sp³-hybridized carbons (Fsp3) is 0.148. The van der Waals surface area contributed by atoms with Gasteiger partial charge in [0.15, 0.2) is 6.10 Å². The topological polar surface area (TPSA) is 126 Å². The Hall–Kier alpha value is -4.59. The Bertz CT molecular complexity index is 1410. The van der Waals surface area contributed by atoms with Crippen LogP contribution in [0.15, 0.2) is 88.1 Å². The van der Waals surface area contributed by atoms with Crippen LogP contribution in [0.4, 0.5) is 0 Å².